The predicted molar refractivity (Wildman–Crippen MR) is 180 cm³/mol. The maximum absolute atomic E-state index is 14.5. The first-order valence-corrected chi connectivity index (χ1v) is 17.7. The van der Waals surface area contributed by atoms with Crippen LogP contribution in [0, 0.1) is 24.2 Å². The van der Waals surface area contributed by atoms with Crippen LogP contribution >= 0.6 is 11.3 Å². The van der Waals surface area contributed by atoms with E-state index in [9.17, 15) is 9.59 Å². The minimum absolute atomic E-state index is 0.0226. The average Bonchev–Trinajstić information content (AvgIpc) is 3.56. The minimum Gasteiger partial charge on any atom is -0.481 e. The number of hydrogen-bond donors (Lipinski definition) is 0. The number of carbonyl (C=O) groups excluding carboxylic acids is 2. The molecule has 3 heterocycles. The van der Waals surface area contributed by atoms with Crippen molar-refractivity contribution in [3.63, 3.8) is 0 Å². The van der Waals surface area contributed by atoms with Gasteiger partial charge in [-0.05, 0) is 124 Å². The van der Waals surface area contributed by atoms with Crippen LogP contribution in [0.3, 0.4) is 0 Å². The predicted octanol–water partition coefficient (Wildman–Crippen LogP) is 8.45. The molecule has 3 aromatic rings. The number of carbonyl (C=O) groups is 2. The molecule has 4 aliphatic carbocycles. The van der Waals surface area contributed by atoms with E-state index in [1.807, 2.05) is 24.7 Å². The van der Waals surface area contributed by atoms with Gasteiger partial charge in [0.05, 0.1) is 17.0 Å². The Labute approximate surface area is 272 Å². The van der Waals surface area contributed by atoms with Crippen molar-refractivity contribution in [2.24, 2.45) is 17.3 Å². The molecule has 4 saturated carbocycles. The van der Waals surface area contributed by atoms with Crippen LogP contribution in [0.25, 0.3) is 10.4 Å². The fourth-order valence-electron chi connectivity index (χ4n) is 8.25. The van der Waals surface area contributed by atoms with Crippen molar-refractivity contribution in [2.75, 3.05) is 18.6 Å². The molecule has 0 radical (unpaired) electrons. The SMILES string of the molecule is COc1ncc(C23CCC(CN(C(=O)C4CCC(CC(C)=O)CC4)c4cc(-c5cnc(C(C)C)s5)ccn4)(CC2)CC3)cc1C. The number of ketones is 1. The minimum atomic E-state index is -0.0226. The molecule has 1 amide bonds. The Kier molecular flexibility index (Phi) is 9.15. The number of Topliss-reactive ketones (excluding diaryl/α,β-unsaturated/α-hetero) is 1. The molecule has 0 aliphatic heterocycles. The number of aryl methyl sites for hydroxylation is 1. The van der Waals surface area contributed by atoms with E-state index in [1.165, 1.54) is 5.56 Å². The number of pyridine rings is 2. The van der Waals surface area contributed by atoms with Crippen LogP contribution in [0.1, 0.15) is 113 Å². The first-order valence-electron chi connectivity index (χ1n) is 16.8. The zero-order chi connectivity index (χ0) is 31.8. The van der Waals surface area contributed by atoms with E-state index in [-0.39, 0.29) is 28.4 Å². The van der Waals surface area contributed by atoms with Crippen molar-refractivity contribution in [1.29, 1.82) is 0 Å². The molecular weight excluding hydrogens is 580 g/mol. The summed E-state index contributed by atoms with van der Waals surface area (Å²) in [5.41, 5.74) is 3.75. The van der Waals surface area contributed by atoms with Crippen LogP contribution in [-0.4, -0.2) is 40.3 Å². The Bertz CT molecular complexity index is 1520. The van der Waals surface area contributed by atoms with Gasteiger partial charge in [-0.3, -0.25) is 9.69 Å². The molecule has 7 rings (SSSR count). The first-order chi connectivity index (χ1) is 21.6. The Hall–Kier alpha value is -3.13. The molecule has 0 spiro atoms. The number of ether oxygens (including phenoxy) is 1. The molecule has 2 bridgehead atoms. The molecule has 7 nitrogen and oxygen atoms in total. The van der Waals surface area contributed by atoms with Crippen LogP contribution in [0.5, 0.6) is 5.88 Å². The van der Waals surface area contributed by atoms with E-state index in [0.717, 1.165) is 91.0 Å². The summed E-state index contributed by atoms with van der Waals surface area (Å²) in [5, 5.41) is 1.12. The summed E-state index contributed by atoms with van der Waals surface area (Å²) in [5.74, 6) is 2.68. The summed E-state index contributed by atoms with van der Waals surface area (Å²) < 4.78 is 5.44. The summed E-state index contributed by atoms with van der Waals surface area (Å²) in [6.07, 6.45) is 16.7. The molecule has 240 valence electrons. The number of methoxy groups -OCH3 is 1. The van der Waals surface area contributed by atoms with E-state index in [4.69, 9.17) is 9.72 Å². The monoisotopic (exact) mass is 628 g/mol. The number of aromatic nitrogens is 3. The van der Waals surface area contributed by atoms with Gasteiger partial charge in [0.1, 0.15) is 11.6 Å². The van der Waals surface area contributed by atoms with Crippen molar-refractivity contribution in [1.82, 2.24) is 15.0 Å². The van der Waals surface area contributed by atoms with Crippen LogP contribution in [0.4, 0.5) is 5.82 Å². The third-order valence-electron chi connectivity index (χ3n) is 11.1. The maximum Gasteiger partial charge on any atom is 0.231 e. The summed E-state index contributed by atoms with van der Waals surface area (Å²) in [6, 6.07) is 6.42. The number of amides is 1. The second-order valence-electron chi connectivity index (χ2n) is 14.5. The van der Waals surface area contributed by atoms with E-state index in [2.05, 4.69) is 47.8 Å². The second kappa shape index (κ2) is 12.9. The van der Waals surface area contributed by atoms with Gasteiger partial charge in [-0.15, -0.1) is 11.3 Å². The highest BCUT2D eigenvalue weighted by atomic mass is 32.1. The smallest absolute Gasteiger partial charge is 0.231 e. The number of hydrogen-bond acceptors (Lipinski definition) is 7. The van der Waals surface area contributed by atoms with Gasteiger partial charge in [0.2, 0.25) is 11.8 Å². The molecule has 4 fully saturated rings. The van der Waals surface area contributed by atoms with Crippen molar-refractivity contribution in [2.45, 2.75) is 110 Å². The topological polar surface area (TPSA) is 85.3 Å². The highest BCUT2D eigenvalue weighted by Gasteiger charge is 2.51. The molecule has 3 aromatic heterocycles. The lowest BCUT2D eigenvalue weighted by Gasteiger charge is -2.55. The van der Waals surface area contributed by atoms with Gasteiger partial charge in [0, 0.05) is 49.0 Å². The Morgan fingerprint density at radius 2 is 1.71 bits per heavy atom. The zero-order valence-corrected chi connectivity index (χ0v) is 28.4. The van der Waals surface area contributed by atoms with Crippen molar-refractivity contribution in [3.05, 3.63) is 52.9 Å². The number of anilines is 1. The second-order valence-corrected chi connectivity index (χ2v) is 15.6. The normalized spacial score (nSPS) is 26.2. The van der Waals surface area contributed by atoms with E-state index in [0.29, 0.717) is 30.7 Å². The summed E-state index contributed by atoms with van der Waals surface area (Å²) >= 11 is 1.72. The molecule has 0 N–H and O–H groups in total. The standard InChI is InChI=1S/C37H48N4O3S/c1-24(2)34-40-22-31(45-34)29-10-17-38-32(20-29)41(35(43)28-8-6-27(7-9-28)19-26(4)42)23-36-11-14-37(15-12-36,16-13-36)30-18-25(3)33(44-5)39-21-30/h10,17-18,20-22,24,27-28H,6-9,11-16,19,23H2,1-5H3. The van der Waals surface area contributed by atoms with Gasteiger partial charge in [-0.2, -0.15) is 0 Å². The molecule has 0 unspecified atom stereocenters. The summed E-state index contributed by atoms with van der Waals surface area (Å²) in [6.45, 7) is 8.81. The number of rotatable bonds is 10. The Morgan fingerprint density at radius 1 is 1.00 bits per heavy atom. The van der Waals surface area contributed by atoms with Gasteiger partial charge in [-0.1, -0.05) is 13.8 Å². The molecule has 0 atom stereocenters. The average molecular weight is 629 g/mol. The number of nitrogens with zero attached hydrogens (tertiary/aromatic N) is 4. The van der Waals surface area contributed by atoms with Crippen LogP contribution < -0.4 is 9.64 Å². The number of thiazole rings is 1. The van der Waals surface area contributed by atoms with Gasteiger partial charge < -0.3 is 9.53 Å². The number of fused-ring (bicyclic) bond motifs is 3. The largest absolute Gasteiger partial charge is 0.481 e. The van der Waals surface area contributed by atoms with E-state index < -0.39 is 0 Å². The lowest BCUT2D eigenvalue weighted by molar-refractivity contribution is -0.124. The van der Waals surface area contributed by atoms with Gasteiger partial charge in [-0.25, -0.2) is 15.0 Å². The zero-order valence-electron chi connectivity index (χ0n) is 27.6. The van der Waals surface area contributed by atoms with Crippen molar-refractivity contribution >= 4 is 28.8 Å². The van der Waals surface area contributed by atoms with E-state index >= 15 is 0 Å². The quantitative estimate of drug-likeness (QED) is 0.224. The third kappa shape index (κ3) is 6.58. The Balaban J connectivity index is 1.25. The highest BCUT2D eigenvalue weighted by Crippen LogP contribution is 2.58. The van der Waals surface area contributed by atoms with Gasteiger partial charge >= 0.3 is 0 Å². The molecule has 4 aliphatic rings. The molecular formula is C37H48N4O3S. The molecule has 45 heavy (non-hydrogen) atoms. The molecule has 0 aromatic carbocycles. The highest BCUT2D eigenvalue weighted by molar-refractivity contribution is 7.15. The van der Waals surface area contributed by atoms with Crippen molar-refractivity contribution in [3.8, 4) is 16.3 Å². The lowest BCUT2D eigenvalue weighted by atomic mass is 9.52. The van der Waals surface area contributed by atoms with Crippen LogP contribution in [-0.2, 0) is 15.0 Å². The Morgan fingerprint density at radius 3 is 2.31 bits per heavy atom. The molecule has 8 heteroatoms. The van der Waals surface area contributed by atoms with Gasteiger partial charge in [0.25, 0.3) is 0 Å². The summed E-state index contributed by atoms with van der Waals surface area (Å²) in [4.78, 5) is 43.5. The van der Waals surface area contributed by atoms with Crippen molar-refractivity contribution < 1.29 is 14.3 Å². The molecule has 0 saturated heterocycles. The fraction of sp³-hybridized carbons (Fsp3) is 0.595. The fourth-order valence-corrected chi connectivity index (χ4v) is 9.17. The first kappa shape index (κ1) is 31.8. The lowest BCUT2D eigenvalue weighted by Crippen LogP contribution is -2.52. The maximum atomic E-state index is 14.5. The third-order valence-corrected chi connectivity index (χ3v) is 12.4. The van der Waals surface area contributed by atoms with Gasteiger partial charge in [0.15, 0.2) is 0 Å². The van der Waals surface area contributed by atoms with Crippen LogP contribution in [0.15, 0.2) is 36.8 Å². The van der Waals surface area contributed by atoms with E-state index in [1.54, 1.807) is 25.4 Å². The summed E-state index contributed by atoms with van der Waals surface area (Å²) in [7, 11) is 1.68. The van der Waals surface area contributed by atoms with Crippen LogP contribution in [0.2, 0.25) is 0 Å².